The molecule has 1 aromatic rings. The number of unbranched alkanes of at least 4 members (excludes halogenated alkanes) is 20. The number of carbonyl (C=O) groups is 4. The molecule has 0 aliphatic rings. The Morgan fingerprint density at radius 1 is 0.375 bits per heavy atom. The van der Waals surface area contributed by atoms with Gasteiger partial charge in [0.2, 0.25) is 0 Å². The molecule has 4 unspecified atom stereocenters. The molecule has 1 aromatic carbocycles. The van der Waals surface area contributed by atoms with E-state index in [2.05, 4.69) is 27.7 Å². The molecule has 0 aromatic heterocycles. The first-order valence-electron chi connectivity index (χ1n) is 26.1. The molecule has 0 aliphatic carbocycles. The van der Waals surface area contributed by atoms with E-state index >= 15 is 0 Å². The molecule has 0 heterocycles. The van der Waals surface area contributed by atoms with E-state index in [9.17, 15) is 19.2 Å². The monoisotopic (exact) mass is 903 g/mol. The quantitative estimate of drug-likeness (QED) is 0.0355. The zero-order valence-corrected chi connectivity index (χ0v) is 41.7. The van der Waals surface area contributed by atoms with Crippen LogP contribution in [-0.2, 0) is 38.0 Å². The third-order valence-electron chi connectivity index (χ3n) is 12.2. The van der Waals surface area contributed by atoms with Gasteiger partial charge in [0, 0.05) is 26.1 Å². The minimum Gasteiger partial charge on any atom is -0.469 e. The van der Waals surface area contributed by atoms with E-state index in [1.165, 1.54) is 65.6 Å². The zero-order valence-electron chi connectivity index (χ0n) is 41.7. The van der Waals surface area contributed by atoms with Gasteiger partial charge in [-0.2, -0.15) is 0 Å². The molecule has 1 rings (SSSR count). The molecule has 370 valence electrons. The highest BCUT2D eigenvalue weighted by Gasteiger charge is 2.28. The Bertz CT molecular complexity index is 1280. The fourth-order valence-corrected chi connectivity index (χ4v) is 8.05. The maximum absolute atomic E-state index is 13.8. The van der Waals surface area contributed by atoms with Crippen molar-refractivity contribution >= 4 is 23.9 Å². The average molecular weight is 903 g/mol. The largest absolute Gasteiger partial charge is 0.469 e. The minimum absolute atomic E-state index is 0.161. The number of rotatable bonds is 44. The molecule has 0 amide bonds. The van der Waals surface area contributed by atoms with Crippen molar-refractivity contribution in [2.24, 2.45) is 0 Å². The highest BCUT2D eigenvalue weighted by atomic mass is 16.6. The van der Waals surface area contributed by atoms with Crippen LogP contribution in [0.3, 0.4) is 0 Å². The van der Waals surface area contributed by atoms with Crippen molar-refractivity contribution in [1.29, 1.82) is 0 Å². The van der Waals surface area contributed by atoms with Crippen LogP contribution < -0.4 is 0 Å². The van der Waals surface area contributed by atoms with Gasteiger partial charge in [-0.3, -0.25) is 9.59 Å². The lowest BCUT2D eigenvalue weighted by Crippen LogP contribution is -2.34. The summed E-state index contributed by atoms with van der Waals surface area (Å²) >= 11 is 0. The maximum Gasteiger partial charge on any atom is 0.338 e. The molecule has 0 saturated heterocycles. The molecule has 0 saturated carbocycles. The van der Waals surface area contributed by atoms with Gasteiger partial charge in [-0.25, -0.2) is 9.59 Å². The van der Waals surface area contributed by atoms with Gasteiger partial charge in [-0.05, 0) is 88.5 Å². The van der Waals surface area contributed by atoms with Crippen LogP contribution in [0.15, 0.2) is 24.3 Å². The Hall–Kier alpha value is -2.98. The van der Waals surface area contributed by atoms with Gasteiger partial charge in [-0.1, -0.05) is 156 Å². The van der Waals surface area contributed by atoms with Gasteiger partial charge >= 0.3 is 23.9 Å². The third kappa shape index (κ3) is 30.3. The molecule has 0 fully saturated rings. The van der Waals surface area contributed by atoms with Crippen molar-refractivity contribution in [1.82, 2.24) is 0 Å². The highest BCUT2D eigenvalue weighted by molar-refractivity contribution is 5.93. The molecular formula is C54H94O10. The summed E-state index contributed by atoms with van der Waals surface area (Å²) in [5.74, 6) is -1.15. The second kappa shape index (κ2) is 41.5. The van der Waals surface area contributed by atoms with E-state index in [0.717, 1.165) is 135 Å². The predicted molar refractivity (Wildman–Crippen MR) is 259 cm³/mol. The first-order chi connectivity index (χ1) is 31.2. The van der Waals surface area contributed by atoms with Crippen LogP contribution in [-0.4, -0.2) is 75.7 Å². The van der Waals surface area contributed by atoms with E-state index < -0.39 is 11.9 Å². The topological polar surface area (TPSA) is 124 Å². The zero-order chi connectivity index (χ0) is 46.9. The summed E-state index contributed by atoms with van der Waals surface area (Å²) in [6.07, 6.45) is 30.2. The van der Waals surface area contributed by atoms with Crippen LogP contribution in [0.5, 0.6) is 0 Å². The second-order valence-corrected chi connectivity index (χ2v) is 17.9. The normalized spacial score (nSPS) is 13.2. The van der Waals surface area contributed by atoms with Crippen LogP contribution in [0.2, 0.25) is 0 Å². The van der Waals surface area contributed by atoms with Gasteiger partial charge in [0.1, 0.15) is 12.2 Å². The van der Waals surface area contributed by atoms with Crippen LogP contribution in [0.4, 0.5) is 0 Å². The first kappa shape index (κ1) is 59.0. The lowest BCUT2D eigenvalue weighted by molar-refractivity contribution is -0.141. The summed E-state index contributed by atoms with van der Waals surface area (Å²) in [6, 6.07) is 6.71. The number of ether oxygens (including phenoxy) is 6. The summed E-state index contributed by atoms with van der Waals surface area (Å²) in [5.41, 5.74) is 0.794. The smallest absolute Gasteiger partial charge is 0.338 e. The molecule has 0 spiro atoms. The Balaban J connectivity index is 3.13. The minimum atomic E-state index is -0.411. The van der Waals surface area contributed by atoms with E-state index in [4.69, 9.17) is 28.4 Å². The van der Waals surface area contributed by atoms with E-state index in [1.807, 2.05) is 0 Å². The average Bonchev–Trinajstić information content (AvgIpc) is 3.30. The van der Waals surface area contributed by atoms with Gasteiger partial charge < -0.3 is 28.4 Å². The van der Waals surface area contributed by atoms with Crippen molar-refractivity contribution in [3.8, 4) is 0 Å². The van der Waals surface area contributed by atoms with E-state index in [1.54, 1.807) is 24.3 Å². The van der Waals surface area contributed by atoms with Crippen molar-refractivity contribution < 1.29 is 47.6 Å². The van der Waals surface area contributed by atoms with Gasteiger partial charge in [-0.15, -0.1) is 0 Å². The molecule has 10 heteroatoms. The van der Waals surface area contributed by atoms with Crippen LogP contribution in [0.1, 0.15) is 254 Å². The molecule has 0 bridgehead atoms. The summed E-state index contributed by atoms with van der Waals surface area (Å²) in [4.78, 5) is 50.7. The number of esters is 4. The summed E-state index contributed by atoms with van der Waals surface area (Å²) in [5, 5.41) is 0. The second-order valence-electron chi connectivity index (χ2n) is 17.9. The van der Waals surface area contributed by atoms with Gasteiger partial charge in [0.25, 0.3) is 0 Å². The fourth-order valence-electron chi connectivity index (χ4n) is 8.05. The molecule has 4 atom stereocenters. The Kier molecular flexibility index (Phi) is 38.2. The van der Waals surface area contributed by atoms with Gasteiger partial charge in [0.05, 0.1) is 37.6 Å². The molecule has 0 N–H and O–H groups in total. The number of carbonyl (C=O) groups excluding carboxylic acids is 4. The van der Waals surface area contributed by atoms with E-state index in [-0.39, 0.29) is 36.4 Å². The van der Waals surface area contributed by atoms with Crippen LogP contribution in [0, 0.1) is 0 Å². The van der Waals surface area contributed by atoms with Crippen LogP contribution in [0.25, 0.3) is 0 Å². The van der Waals surface area contributed by atoms with Crippen molar-refractivity contribution in [2.75, 3.05) is 27.4 Å². The van der Waals surface area contributed by atoms with Gasteiger partial charge in [0.15, 0.2) is 0 Å². The summed E-state index contributed by atoms with van der Waals surface area (Å²) < 4.78 is 35.2. The molecule has 0 radical (unpaired) electrons. The third-order valence-corrected chi connectivity index (χ3v) is 12.2. The maximum atomic E-state index is 13.8. The Morgan fingerprint density at radius 2 is 0.656 bits per heavy atom. The summed E-state index contributed by atoms with van der Waals surface area (Å²) in [7, 11) is 2.86. The van der Waals surface area contributed by atoms with Crippen molar-refractivity contribution in [3.05, 3.63) is 35.4 Å². The van der Waals surface area contributed by atoms with Crippen LogP contribution >= 0.6 is 0 Å². The Morgan fingerprint density at radius 3 is 0.969 bits per heavy atom. The molecule has 10 nitrogen and oxygen atoms in total. The van der Waals surface area contributed by atoms with Crippen molar-refractivity contribution in [3.63, 3.8) is 0 Å². The number of methoxy groups -OCH3 is 2. The fraction of sp³-hybridized carbons (Fsp3) is 0.815. The number of benzene rings is 1. The summed E-state index contributed by atoms with van der Waals surface area (Å²) in [6.45, 7) is 10.0. The van der Waals surface area contributed by atoms with Crippen molar-refractivity contribution in [2.45, 2.75) is 258 Å². The molecule has 0 aliphatic heterocycles. The standard InChI is InChI=1S/C54H94O10/c1-7-11-15-17-21-27-33-47(61-43-13-9-3)50(36-30-24-20-26-32-38-52(56)60-6)64-54(58)46-41-39-45(40-42-46)53(57)63-49(35-29-22-18-16-12-8-2)48(62-44-14-10-4)34-28-23-19-25-31-37-51(55)59-5/h39-42,47-50H,7-38,43-44H2,1-6H3. The SMILES string of the molecule is CCCCCCCCC(OCCCC)C(CCCCCCCC(=O)OC)OC(=O)c1ccc(C(=O)OC(CCCCCCCC)C(CCCCCCCC(=O)OC)OCCCC)cc1. The highest BCUT2D eigenvalue weighted by Crippen LogP contribution is 2.25. The number of hydrogen-bond acceptors (Lipinski definition) is 10. The Labute approximate surface area is 390 Å². The molecule has 64 heavy (non-hydrogen) atoms. The predicted octanol–water partition coefficient (Wildman–Crippen LogP) is 14.4. The van der Waals surface area contributed by atoms with E-state index in [0.29, 0.717) is 43.6 Å². The lowest BCUT2D eigenvalue weighted by atomic mass is 9.98. The lowest BCUT2D eigenvalue weighted by Gasteiger charge is -2.28. The first-order valence-corrected chi connectivity index (χ1v) is 26.1. The molecular weight excluding hydrogens is 809 g/mol. The number of hydrogen-bond donors (Lipinski definition) is 0.